The number of ketones is 1. The van der Waals surface area contributed by atoms with E-state index in [4.69, 9.17) is 0 Å². The Balaban J connectivity index is 1.92. The predicted octanol–water partition coefficient (Wildman–Crippen LogP) is 2.50. The molecule has 0 spiro atoms. The van der Waals surface area contributed by atoms with Gasteiger partial charge in [0.25, 0.3) is 0 Å². The summed E-state index contributed by atoms with van der Waals surface area (Å²) in [5.74, 6) is 0.342. The van der Waals surface area contributed by atoms with Crippen LogP contribution in [0.2, 0.25) is 0 Å². The molecule has 0 saturated carbocycles. The van der Waals surface area contributed by atoms with Crippen LogP contribution in [0.25, 0.3) is 0 Å². The average molecular weight is 231 g/mol. The van der Waals surface area contributed by atoms with Gasteiger partial charge in [-0.3, -0.25) is 4.79 Å². The number of hydrogen-bond acceptors (Lipinski definition) is 2. The fourth-order valence-corrected chi connectivity index (χ4v) is 2.34. The quantitative estimate of drug-likeness (QED) is 0.862. The van der Waals surface area contributed by atoms with Crippen LogP contribution >= 0.6 is 0 Å². The number of aryl methyl sites for hydroxylation is 1. The Bertz CT molecular complexity index is 363. The molecule has 1 unspecified atom stereocenters. The van der Waals surface area contributed by atoms with Crippen LogP contribution in [0.4, 0.5) is 0 Å². The molecule has 2 heteroatoms. The van der Waals surface area contributed by atoms with E-state index in [1.54, 1.807) is 0 Å². The van der Waals surface area contributed by atoms with Crippen LogP contribution in [-0.2, 0) is 17.6 Å². The van der Waals surface area contributed by atoms with E-state index in [1.165, 1.54) is 18.4 Å². The molecule has 1 atom stereocenters. The van der Waals surface area contributed by atoms with E-state index < -0.39 is 0 Å². The summed E-state index contributed by atoms with van der Waals surface area (Å²) in [4.78, 5) is 12.1. The summed E-state index contributed by atoms with van der Waals surface area (Å²) in [5, 5.41) is 3.31. The molecule has 0 aromatic heterocycles. The van der Waals surface area contributed by atoms with Crippen molar-refractivity contribution in [3.63, 3.8) is 0 Å². The highest BCUT2D eigenvalue weighted by molar-refractivity contribution is 5.86. The third kappa shape index (κ3) is 3.40. The molecule has 0 aliphatic carbocycles. The lowest BCUT2D eigenvalue weighted by atomic mass is 9.96. The lowest BCUT2D eigenvalue weighted by Gasteiger charge is -2.22. The summed E-state index contributed by atoms with van der Waals surface area (Å²) < 4.78 is 0. The fourth-order valence-electron chi connectivity index (χ4n) is 2.34. The number of rotatable bonds is 4. The molecule has 1 aromatic rings. The number of carbonyl (C=O) groups is 1. The van der Waals surface area contributed by atoms with Crippen molar-refractivity contribution in [2.24, 2.45) is 0 Å². The first-order valence-electron chi connectivity index (χ1n) is 6.63. The molecule has 1 fully saturated rings. The highest BCUT2D eigenvalue weighted by Crippen LogP contribution is 2.12. The molecule has 0 amide bonds. The lowest BCUT2D eigenvalue weighted by molar-refractivity contribution is -0.120. The first-order chi connectivity index (χ1) is 8.29. The molecule has 0 radical (unpaired) electrons. The third-order valence-corrected chi connectivity index (χ3v) is 3.51. The largest absolute Gasteiger partial charge is 0.307 e. The monoisotopic (exact) mass is 231 g/mol. The smallest absolute Gasteiger partial charge is 0.154 e. The molecule has 2 nitrogen and oxygen atoms in total. The Labute approximate surface area is 103 Å². The summed E-state index contributed by atoms with van der Waals surface area (Å²) in [7, 11) is 0. The van der Waals surface area contributed by atoms with Crippen molar-refractivity contribution in [1.29, 1.82) is 0 Å². The number of piperidine rings is 1. The van der Waals surface area contributed by atoms with Gasteiger partial charge in [0.2, 0.25) is 0 Å². The minimum absolute atomic E-state index is 0.0922. The van der Waals surface area contributed by atoms with Crippen LogP contribution in [-0.4, -0.2) is 18.4 Å². The molecule has 1 heterocycles. The molecule has 1 N–H and O–H groups in total. The summed E-state index contributed by atoms with van der Waals surface area (Å²) >= 11 is 0. The van der Waals surface area contributed by atoms with Crippen molar-refractivity contribution in [3.05, 3.63) is 35.4 Å². The molecule has 92 valence electrons. The van der Waals surface area contributed by atoms with E-state index >= 15 is 0 Å². The Hall–Kier alpha value is -1.15. The van der Waals surface area contributed by atoms with Gasteiger partial charge in [0.15, 0.2) is 5.78 Å². The highest BCUT2D eigenvalue weighted by Gasteiger charge is 2.20. The van der Waals surface area contributed by atoms with Gasteiger partial charge >= 0.3 is 0 Å². The number of Topliss-reactive ketones (excluding diaryl/α,β-unsaturated/α-hetero) is 1. The van der Waals surface area contributed by atoms with Gasteiger partial charge in [-0.15, -0.1) is 0 Å². The van der Waals surface area contributed by atoms with Gasteiger partial charge in [0, 0.05) is 6.42 Å². The number of nitrogens with one attached hydrogen (secondary N) is 1. The zero-order valence-electron chi connectivity index (χ0n) is 10.5. The molecule has 2 rings (SSSR count). The van der Waals surface area contributed by atoms with Gasteiger partial charge in [-0.05, 0) is 36.9 Å². The number of hydrogen-bond donors (Lipinski definition) is 1. The second-order valence-electron chi connectivity index (χ2n) is 4.82. The summed E-state index contributed by atoms with van der Waals surface area (Å²) in [6.07, 6.45) is 5.01. The first kappa shape index (κ1) is 12.3. The summed E-state index contributed by atoms with van der Waals surface area (Å²) in [6.45, 7) is 3.14. The topological polar surface area (TPSA) is 29.1 Å². The maximum Gasteiger partial charge on any atom is 0.154 e. The lowest BCUT2D eigenvalue weighted by Crippen LogP contribution is -2.41. The number of carbonyl (C=O) groups excluding carboxylic acids is 1. The molecular formula is C15H21NO. The van der Waals surface area contributed by atoms with E-state index in [-0.39, 0.29) is 6.04 Å². The zero-order valence-corrected chi connectivity index (χ0v) is 10.5. The SMILES string of the molecule is CCc1ccc(CC(=O)C2CCCCN2)cc1. The van der Waals surface area contributed by atoms with Crippen molar-refractivity contribution in [2.75, 3.05) is 6.54 Å². The van der Waals surface area contributed by atoms with E-state index in [1.807, 2.05) is 0 Å². The van der Waals surface area contributed by atoms with E-state index in [0.717, 1.165) is 24.9 Å². The van der Waals surface area contributed by atoms with Crippen LogP contribution in [0.5, 0.6) is 0 Å². The maximum atomic E-state index is 12.1. The third-order valence-electron chi connectivity index (χ3n) is 3.51. The van der Waals surface area contributed by atoms with Crippen molar-refractivity contribution in [1.82, 2.24) is 5.32 Å². The van der Waals surface area contributed by atoms with Crippen molar-refractivity contribution in [2.45, 2.75) is 45.1 Å². The minimum Gasteiger partial charge on any atom is -0.307 e. The molecule has 1 aliphatic rings. The van der Waals surface area contributed by atoms with Crippen LogP contribution in [0.1, 0.15) is 37.3 Å². The van der Waals surface area contributed by atoms with E-state index in [9.17, 15) is 4.79 Å². The Morgan fingerprint density at radius 2 is 1.94 bits per heavy atom. The van der Waals surface area contributed by atoms with Gasteiger partial charge in [0.05, 0.1) is 6.04 Å². The number of benzene rings is 1. The summed E-state index contributed by atoms with van der Waals surface area (Å²) in [6, 6.07) is 8.50. The molecule has 1 saturated heterocycles. The van der Waals surface area contributed by atoms with Crippen molar-refractivity contribution in [3.8, 4) is 0 Å². The fraction of sp³-hybridized carbons (Fsp3) is 0.533. The van der Waals surface area contributed by atoms with Gasteiger partial charge < -0.3 is 5.32 Å². The predicted molar refractivity (Wildman–Crippen MR) is 70.2 cm³/mol. The molecule has 17 heavy (non-hydrogen) atoms. The van der Waals surface area contributed by atoms with Crippen LogP contribution in [0.3, 0.4) is 0 Å². The van der Waals surface area contributed by atoms with Gasteiger partial charge in [-0.1, -0.05) is 37.6 Å². The Morgan fingerprint density at radius 1 is 1.24 bits per heavy atom. The van der Waals surface area contributed by atoms with Crippen molar-refractivity contribution < 1.29 is 4.79 Å². The molecular weight excluding hydrogens is 210 g/mol. The van der Waals surface area contributed by atoms with E-state index in [2.05, 4.69) is 36.5 Å². The standard InChI is InChI=1S/C15H21NO/c1-2-12-6-8-13(9-7-12)11-15(17)14-5-3-4-10-16-14/h6-9,14,16H,2-5,10-11H2,1H3. The zero-order chi connectivity index (χ0) is 12.1. The van der Waals surface area contributed by atoms with Crippen LogP contribution < -0.4 is 5.32 Å². The average Bonchev–Trinajstić information content (AvgIpc) is 2.40. The van der Waals surface area contributed by atoms with Gasteiger partial charge in [-0.2, -0.15) is 0 Å². The minimum atomic E-state index is 0.0922. The molecule has 0 bridgehead atoms. The second-order valence-corrected chi connectivity index (χ2v) is 4.82. The van der Waals surface area contributed by atoms with Crippen molar-refractivity contribution >= 4 is 5.78 Å². The normalized spacial score (nSPS) is 20.2. The van der Waals surface area contributed by atoms with Gasteiger partial charge in [-0.25, -0.2) is 0 Å². The highest BCUT2D eigenvalue weighted by atomic mass is 16.1. The van der Waals surface area contributed by atoms with Gasteiger partial charge in [0.1, 0.15) is 0 Å². The van der Waals surface area contributed by atoms with E-state index in [0.29, 0.717) is 12.2 Å². The van der Waals surface area contributed by atoms with Crippen LogP contribution in [0.15, 0.2) is 24.3 Å². The second kappa shape index (κ2) is 5.97. The summed E-state index contributed by atoms with van der Waals surface area (Å²) in [5.41, 5.74) is 2.47. The van der Waals surface area contributed by atoms with Crippen LogP contribution in [0, 0.1) is 0 Å². The maximum absolute atomic E-state index is 12.1. The molecule has 1 aliphatic heterocycles. The Kier molecular flexibility index (Phi) is 4.32. The molecule has 1 aromatic carbocycles. The first-order valence-corrected chi connectivity index (χ1v) is 6.63. The Morgan fingerprint density at radius 3 is 2.53 bits per heavy atom.